The third kappa shape index (κ3) is 4.75. The molecule has 0 N–H and O–H groups in total. The van der Waals surface area contributed by atoms with Crippen LogP contribution in [0.5, 0.6) is 0 Å². The van der Waals surface area contributed by atoms with Gasteiger partial charge in [-0.3, -0.25) is 4.99 Å². The fourth-order valence-electron chi connectivity index (χ4n) is 5.43. The van der Waals surface area contributed by atoms with E-state index in [1.807, 2.05) is 0 Å². The van der Waals surface area contributed by atoms with Crippen LogP contribution in [0.15, 0.2) is 87.3 Å². The molecule has 0 radical (unpaired) electrons. The zero-order chi connectivity index (χ0) is 23.5. The van der Waals surface area contributed by atoms with E-state index in [1.165, 1.54) is 44.8 Å². The summed E-state index contributed by atoms with van der Waals surface area (Å²) in [5, 5.41) is 3.27. The first kappa shape index (κ1) is 28.3. The van der Waals surface area contributed by atoms with E-state index < -0.39 is 8.07 Å². The maximum atomic E-state index is 4.67. The zero-order valence-corrected chi connectivity index (χ0v) is 26.3. The van der Waals surface area contributed by atoms with Gasteiger partial charge in [-0.25, -0.2) is 0 Å². The molecule has 0 aromatic heterocycles. The number of nitrogens with zero attached hydrogens (tertiary/aromatic N) is 1. The van der Waals surface area contributed by atoms with Crippen LogP contribution in [0.2, 0.25) is 13.1 Å². The second-order valence-electron chi connectivity index (χ2n) is 10.9. The largest absolute Gasteiger partial charge is 1.00 e. The van der Waals surface area contributed by atoms with Crippen LogP contribution in [0.1, 0.15) is 54.4 Å². The molecule has 179 valence electrons. The van der Waals surface area contributed by atoms with E-state index in [0.717, 1.165) is 6.42 Å². The van der Waals surface area contributed by atoms with Crippen LogP contribution in [0, 0.1) is 0 Å². The van der Waals surface area contributed by atoms with E-state index in [4.69, 9.17) is 0 Å². The first-order valence-corrected chi connectivity index (χ1v) is 16.4. The predicted molar refractivity (Wildman–Crippen MR) is 141 cm³/mol. The Kier molecular flexibility index (Phi) is 8.30. The van der Waals surface area contributed by atoms with Crippen LogP contribution >= 0.6 is 0 Å². The van der Waals surface area contributed by atoms with E-state index in [9.17, 15) is 0 Å². The quantitative estimate of drug-likeness (QED) is 0.471. The Morgan fingerprint density at radius 2 is 1.66 bits per heavy atom. The summed E-state index contributed by atoms with van der Waals surface area (Å²) < 4.78 is 0.631. The van der Waals surface area contributed by atoms with Gasteiger partial charge in [-0.2, -0.15) is 0 Å². The van der Waals surface area contributed by atoms with Crippen molar-refractivity contribution >= 4 is 19.9 Å². The van der Waals surface area contributed by atoms with E-state index in [1.54, 1.807) is 35.1 Å². The molecule has 0 amide bonds. The molecule has 35 heavy (non-hydrogen) atoms. The van der Waals surface area contributed by atoms with Gasteiger partial charge >= 0.3 is 137 Å². The minimum Gasteiger partial charge on any atom is -1.00 e. The molecular formula is C30H32Cl2NSiZr. The van der Waals surface area contributed by atoms with Crippen molar-refractivity contribution in [3.05, 3.63) is 99.0 Å². The van der Waals surface area contributed by atoms with Crippen molar-refractivity contribution in [2.45, 2.75) is 56.3 Å². The Hall–Kier alpha value is -1.25. The molecule has 5 heteroatoms. The molecule has 4 aliphatic rings. The standard InChI is InChI=1S/C19H19.C11H13NSi.2ClH.Zr/c1-19(2,3)16-12-10-15(11-13-16)18-9-5-7-14-6-4-8-17(14)18;1-4-7-11-10-8(12-7)5-6-9(10)13(11,2)3;;;/h4-13H,1-3H3;5-6H,4H2,1-3H3;2*1H;/q;;;;+2/p-2. The molecule has 0 saturated heterocycles. The zero-order valence-electron chi connectivity index (χ0n) is 21.3. The molecule has 6 rings (SSSR count). The summed E-state index contributed by atoms with van der Waals surface area (Å²) in [6.45, 7) is 13.9. The third-order valence-electron chi connectivity index (χ3n) is 7.35. The Balaban J connectivity index is 0.000000199. The number of rotatable bonds is 2. The van der Waals surface area contributed by atoms with Crippen molar-refractivity contribution < 1.29 is 49.5 Å². The second-order valence-corrected chi connectivity index (χ2v) is 16.7. The Morgan fingerprint density at radius 3 is 2.29 bits per heavy atom. The predicted octanol–water partition coefficient (Wildman–Crippen LogP) is 2.05. The van der Waals surface area contributed by atoms with E-state index in [-0.39, 0.29) is 30.2 Å². The van der Waals surface area contributed by atoms with Crippen LogP contribution < -0.4 is 24.8 Å². The van der Waals surface area contributed by atoms with Gasteiger partial charge in [0.05, 0.1) is 5.70 Å². The third-order valence-corrected chi connectivity index (χ3v) is 12.1. The van der Waals surface area contributed by atoms with E-state index in [0.29, 0.717) is 3.63 Å². The van der Waals surface area contributed by atoms with Gasteiger partial charge in [-0.1, -0.05) is 26.1 Å². The van der Waals surface area contributed by atoms with Crippen LogP contribution in [0.25, 0.3) is 17.2 Å². The van der Waals surface area contributed by atoms with Crippen LogP contribution in [0.3, 0.4) is 0 Å². The number of hydrogen-bond acceptors (Lipinski definition) is 1. The van der Waals surface area contributed by atoms with Gasteiger partial charge in [0.25, 0.3) is 0 Å². The van der Waals surface area contributed by atoms with E-state index in [2.05, 4.69) is 113 Å². The van der Waals surface area contributed by atoms with Gasteiger partial charge < -0.3 is 24.8 Å². The monoisotopic (exact) mass is 594 g/mol. The fourth-order valence-corrected chi connectivity index (χ4v) is 9.59. The van der Waals surface area contributed by atoms with Gasteiger partial charge in [0.15, 0.2) is 0 Å². The number of halogens is 2. The molecule has 0 spiro atoms. The maximum Gasteiger partial charge on any atom is 0.116 e. The summed E-state index contributed by atoms with van der Waals surface area (Å²) in [6, 6.07) is 15.8. The summed E-state index contributed by atoms with van der Waals surface area (Å²) >= 11 is 1.57. The molecule has 1 nitrogen and oxygen atoms in total. The Labute approximate surface area is 239 Å². The number of benzene rings is 2. The minimum atomic E-state index is -1.19. The fraction of sp³-hybridized carbons (Fsp3) is 0.300. The first-order valence-electron chi connectivity index (χ1n) is 12.0. The summed E-state index contributed by atoms with van der Waals surface area (Å²) in [5.74, 6) is 0. The number of allylic oxidation sites excluding steroid dienone is 5. The van der Waals surface area contributed by atoms with Crippen LogP contribution in [0.4, 0.5) is 0 Å². The van der Waals surface area contributed by atoms with Crippen LogP contribution in [-0.4, -0.2) is 13.8 Å². The molecule has 2 aromatic rings. The van der Waals surface area contributed by atoms with Crippen molar-refractivity contribution in [1.82, 2.24) is 0 Å². The molecule has 2 aliphatic heterocycles. The first-order chi connectivity index (χ1) is 15.6. The van der Waals surface area contributed by atoms with Crippen molar-refractivity contribution in [1.29, 1.82) is 0 Å². The molecule has 1 unspecified atom stereocenters. The normalized spacial score (nSPS) is 19.8. The Bertz CT molecular complexity index is 1300. The number of hydrogen-bond donors (Lipinski definition) is 0. The molecule has 0 saturated carbocycles. The number of fused-ring (bicyclic) bond motifs is 1. The average Bonchev–Trinajstić information content (AvgIpc) is 3.44. The molecular weight excluding hydrogens is 565 g/mol. The van der Waals surface area contributed by atoms with Gasteiger partial charge in [-0.15, -0.1) is 0 Å². The molecule has 1 atom stereocenters. The van der Waals surface area contributed by atoms with Crippen LogP contribution in [-0.2, 0) is 30.1 Å². The minimum absolute atomic E-state index is 0. The van der Waals surface area contributed by atoms with Gasteiger partial charge in [-0.05, 0) is 22.9 Å². The van der Waals surface area contributed by atoms with E-state index >= 15 is 0 Å². The number of aliphatic imine (C=N–C) groups is 1. The summed E-state index contributed by atoms with van der Waals surface area (Å²) in [4.78, 5) is 4.67. The van der Waals surface area contributed by atoms with Crippen molar-refractivity contribution in [3.8, 4) is 11.1 Å². The second kappa shape index (κ2) is 10.3. The topological polar surface area (TPSA) is 12.4 Å². The van der Waals surface area contributed by atoms with Crippen molar-refractivity contribution in [2.24, 2.45) is 4.99 Å². The van der Waals surface area contributed by atoms with Gasteiger partial charge in [0.2, 0.25) is 0 Å². The molecule has 2 aromatic carbocycles. The van der Waals surface area contributed by atoms with Gasteiger partial charge in [0.1, 0.15) is 8.07 Å². The molecule has 2 heterocycles. The summed E-state index contributed by atoms with van der Waals surface area (Å²) in [5.41, 5.74) is 11.3. The van der Waals surface area contributed by atoms with Gasteiger partial charge in [0, 0.05) is 11.3 Å². The van der Waals surface area contributed by atoms with Crippen molar-refractivity contribution in [3.63, 3.8) is 0 Å². The molecule has 0 bridgehead atoms. The smallest absolute Gasteiger partial charge is 0.116 e. The van der Waals surface area contributed by atoms with Crippen molar-refractivity contribution in [2.75, 3.05) is 0 Å². The molecule has 0 fully saturated rings. The summed E-state index contributed by atoms with van der Waals surface area (Å²) in [7, 11) is -1.19. The molecule has 2 aliphatic carbocycles. The SMILES string of the molecule is CC(C)(C)c1ccc(-c2cccc3c2C=C[CH]3[Zr+2])cc1.CCC1=NC2=CC=C3C2=C1[Si]3(C)C.[Cl-].[Cl-]. The maximum absolute atomic E-state index is 4.67. The average molecular weight is 597 g/mol. The Morgan fingerprint density at radius 1 is 0.971 bits per heavy atom. The summed E-state index contributed by atoms with van der Waals surface area (Å²) in [6.07, 6.45) is 10.2.